The summed E-state index contributed by atoms with van der Waals surface area (Å²) in [6.45, 7) is 4.38. The lowest BCUT2D eigenvalue weighted by atomic mass is 10.1. The number of nitrogens with two attached hydrogens (primary N) is 2. The fraction of sp³-hybridized carbons (Fsp3) is 0.385. The zero-order valence-electron chi connectivity index (χ0n) is 11.2. The highest BCUT2D eigenvalue weighted by Crippen LogP contribution is 2.07. The number of hydrogen-bond acceptors (Lipinski definition) is 2. The van der Waals surface area contributed by atoms with Crippen LogP contribution in [0.3, 0.4) is 0 Å². The van der Waals surface area contributed by atoms with Gasteiger partial charge in [-0.25, -0.2) is 4.99 Å². The molecule has 6 heteroatoms. The molecule has 19 heavy (non-hydrogen) atoms. The van der Waals surface area contributed by atoms with Crippen LogP contribution in [0.4, 0.5) is 0 Å². The molecule has 1 atom stereocenters. The van der Waals surface area contributed by atoms with Crippen molar-refractivity contribution in [2.45, 2.75) is 32.9 Å². The maximum Gasteiger partial charge on any atom is 0.251 e. The van der Waals surface area contributed by atoms with Crippen LogP contribution in [0.1, 0.15) is 36.2 Å². The van der Waals surface area contributed by atoms with E-state index in [2.05, 4.69) is 10.3 Å². The van der Waals surface area contributed by atoms with Gasteiger partial charge >= 0.3 is 0 Å². The quantitative estimate of drug-likeness (QED) is 0.414. The summed E-state index contributed by atoms with van der Waals surface area (Å²) in [6, 6.07) is 7.44. The van der Waals surface area contributed by atoms with Gasteiger partial charge < -0.3 is 16.8 Å². The third-order valence-electron chi connectivity index (χ3n) is 2.62. The monoisotopic (exact) mass is 376 g/mol. The fourth-order valence-corrected chi connectivity index (χ4v) is 1.40. The van der Waals surface area contributed by atoms with Gasteiger partial charge in [0.2, 0.25) is 0 Å². The summed E-state index contributed by atoms with van der Waals surface area (Å²) >= 11 is 0. The molecule has 0 heterocycles. The average molecular weight is 376 g/mol. The highest BCUT2D eigenvalue weighted by Gasteiger charge is 2.08. The lowest BCUT2D eigenvalue weighted by molar-refractivity contribution is 0.0939. The minimum atomic E-state index is -0.0732. The van der Waals surface area contributed by atoms with Crippen molar-refractivity contribution in [2.24, 2.45) is 16.5 Å². The van der Waals surface area contributed by atoms with Crippen molar-refractivity contribution in [3.8, 4) is 0 Å². The summed E-state index contributed by atoms with van der Waals surface area (Å²) in [5, 5.41) is 2.91. The van der Waals surface area contributed by atoms with E-state index in [1.54, 1.807) is 12.1 Å². The van der Waals surface area contributed by atoms with Gasteiger partial charge in [0.05, 0.1) is 6.54 Å². The minimum absolute atomic E-state index is 0. The number of carbonyl (C=O) groups excluding carboxylic acids is 1. The molecule has 0 fully saturated rings. The van der Waals surface area contributed by atoms with Gasteiger partial charge in [0.15, 0.2) is 5.96 Å². The molecule has 1 amide bonds. The Morgan fingerprint density at radius 3 is 2.68 bits per heavy atom. The zero-order valence-corrected chi connectivity index (χ0v) is 13.5. The van der Waals surface area contributed by atoms with Crippen molar-refractivity contribution in [1.29, 1.82) is 0 Å². The molecule has 0 bridgehead atoms. The number of carbonyl (C=O) groups is 1. The molecule has 0 aliphatic rings. The summed E-state index contributed by atoms with van der Waals surface area (Å²) in [7, 11) is 0. The number of nitrogens with one attached hydrogen (secondary N) is 1. The first-order valence-corrected chi connectivity index (χ1v) is 5.98. The summed E-state index contributed by atoms with van der Waals surface area (Å²) in [6.07, 6.45) is 0.902. The minimum Gasteiger partial charge on any atom is -0.370 e. The second-order valence-electron chi connectivity index (χ2n) is 4.22. The van der Waals surface area contributed by atoms with Crippen LogP contribution < -0.4 is 16.8 Å². The first-order chi connectivity index (χ1) is 8.52. The van der Waals surface area contributed by atoms with Gasteiger partial charge in [-0.05, 0) is 31.0 Å². The third kappa shape index (κ3) is 6.42. The molecular weight excluding hydrogens is 355 g/mol. The van der Waals surface area contributed by atoms with Gasteiger partial charge in [0.1, 0.15) is 0 Å². The van der Waals surface area contributed by atoms with Gasteiger partial charge in [0.25, 0.3) is 5.91 Å². The van der Waals surface area contributed by atoms with E-state index in [4.69, 9.17) is 11.5 Å². The normalized spacial score (nSPS) is 11.1. The largest absolute Gasteiger partial charge is 0.370 e. The highest BCUT2D eigenvalue weighted by molar-refractivity contribution is 14.0. The molecule has 1 rings (SSSR count). The van der Waals surface area contributed by atoms with Gasteiger partial charge in [-0.15, -0.1) is 24.0 Å². The molecule has 0 spiro atoms. The molecule has 0 saturated heterocycles. The number of aliphatic imine (C=N–C) groups is 1. The average Bonchev–Trinajstić information content (AvgIpc) is 2.36. The van der Waals surface area contributed by atoms with Crippen LogP contribution in [-0.4, -0.2) is 17.9 Å². The molecule has 0 aliphatic heterocycles. The Morgan fingerprint density at radius 1 is 1.42 bits per heavy atom. The number of rotatable bonds is 5. The second kappa shape index (κ2) is 8.73. The summed E-state index contributed by atoms with van der Waals surface area (Å²) in [4.78, 5) is 15.8. The van der Waals surface area contributed by atoms with E-state index in [0.29, 0.717) is 12.1 Å². The summed E-state index contributed by atoms with van der Waals surface area (Å²) in [5.41, 5.74) is 12.1. The van der Waals surface area contributed by atoms with Crippen LogP contribution in [0, 0.1) is 0 Å². The lowest BCUT2D eigenvalue weighted by Crippen LogP contribution is -2.31. The number of halogens is 1. The number of hydrogen-bond donors (Lipinski definition) is 3. The molecule has 0 aliphatic carbocycles. The Morgan fingerprint density at radius 2 is 2.11 bits per heavy atom. The molecule has 0 radical (unpaired) electrons. The van der Waals surface area contributed by atoms with E-state index >= 15 is 0 Å². The van der Waals surface area contributed by atoms with Crippen LogP contribution >= 0.6 is 24.0 Å². The molecular formula is C13H21IN4O. The standard InChI is InChI=1S/C13H20N4O.HI/c1-3-9(2)17-12(18)11-6-4-5-10(7-11)8-16-13(14)15;/h4-7,9H,3,8H2,1-2H3,(H,17,18)(H4,14,15,16);1H. The van der Waals surface area contributed by atoms with E-state index in [1.165, 1.54) is 0 Å². The Bertz CT molecular complexity index is 444. The Hall–Kier alpha value is -1.31. The number of amides is 1. The molecule has 1 unspecified atom stereocenters. The van der Waals surface area contributed by atoms with Gasteiger partial charge in [-0.2, -0.15) is 0 Å². The fourth-order valence-electron chi connectivity index (χ4n) is 1.40. The van der Waals surface area contributed by atoms with E-state index in [9.17, 15) is 4.79 Å². The van der Waals surface area contributed by atoms with E-state index in [-0.39, 0.29) is 41.9 Å². The predicted molar refractivity (Wildman–Crippen MR) is 88.6 cm³/mol. The third-order valence-corrected chi connectivity index (χ3v) is 2.62. The van der Waals surface area contributed by atoms with Crippen molar-refractivity contribution < 1.29 is 4.79 Å². The van der Waals surface area contributed by atoms with Crippen molar-refractivity contribution >= 4 is 35.8 Å². The van der Waals surface area contributed by atoms with Gasteiger partial charge in [-0.1, -0.05) is 19.1 Å². The number of nitrogens with zero attached hydrogens (tertiary/aromatic N) is 1. The first kappa shape index (κ1) is 17.7. The van der Waals surface area contributed by atoms with Gasteiger partial charge in [-0.3, -0.25) is 4.79 Å². The van der Waals surface area contributed by atoms with Crippen molar-refractivity contribution in [3.05, 3.63) is 35.4 Å². The Balaban J connectivity index is 0.00000324. The van der Waals surface area contributed by atoms with Crippen LogP contribution in [0.2, 0.25) is 0 Å². The smallest absolute Gasteiger partial charge is 0.251 e. The zero-order chi connectivity index (χ0) is 13.5. The SMILES string of the molecule is CCC(C)NC(=O)c1cccc(CN=C(N)N)c1.I. The van der Waals surface area contributed by atoms with Crippen LogP contribution in [0.5, 0.6) is 0 Å². The van der Waals surface area contributed by atoms with Crippen molar-refractivity contribution in [2.75, 3.05) is 0 Å². The van der Waals surface area contributed by atoms with E-state index < -0.39 is 0 Å². The maximum atomic E-state index is 11.9. The summed E-state index contributed by atoms with van der Waals surface area (Å²) < 4.78 is 0. The molecule has 0 aromatic heterocycles. The van der Waals surface area contributed by atoms with Crippen molar-refractivity contribution in [3.63, 3.8) is 0 Å². The Labute approximate surface area is 130 Å². The molecule has 5 N–H and O–H groups in total. The number of benzene rings is 1. The maximum absolute atomic E-state index is 11.9. The predicted octanol–water partition coefficient (Wildman–Crippen LogP) is 1.61. The Kier molecular flexibility index (Phi) is 8.13. The second-order valence-corrected chi connectivity index (χ2v) is 4.22. The van der Waals surface area contributed by atoms with Crippen LogP contribution in [-0.2, 0) is 6.54 Å². The van der Waals surface area contributed by atoms with Crippen molar-refractivity contribution in [1.82, 2.24) is 5.32 Å². The lowest BCUT2D eigenvalue weighted by Gasteiger charge is -2.11. The molecule has 106 valence electrons. The molecule has 1 aromatic rings. The molecule has 0 saturated carbocycles. The highest BCUT2D eigenvalue weighted by atomic mass is 127. The van der Waals surface area contributed by atoms with E-state index in [0.717, 1.165) is 12.0 Å². The van der Waals surface area contributed by atoms with Crippen LogP contribution in [0.25, 0.3) is 0 Å². The summed E-state index contributed by atoms with van der Waals surface area (Å²) in [5.74, 6) is -0.0274. The number of guanidine groups is 1. The van der Waals surface area contributed by atoms with Gasteiger partial charge in [0, 0.05) is 11.6 Å². The van der Waals surface area contributed by atoms with E-state index in [1.807, 2.05) is 26.0 Å². The first-order valence-electron chi connectivity index (χ1n) is 5.98. The molecule has 5 nitrogen and oxygen atoms in total. The molecule has 1 aromatic carbocycles. The topological polar surface area (TPSA) is 93.5 Å². The van der Waals surface area contributed by atoms with Crippen LogP contribution in [0.15, 0.2) is 29.3 Å².